The van der Waals surface area contributed by atoms with Crippen LogP contribution in [0.5, 0.6) is 0 Å². The number of hydrogen-bond donors (Lipinski definition) is 0. The van der Waals surface area contributed by atoms with Crippen molar-refractivity contribution in [1.82, 2.24) is 0 Å². The van der Waals surface area contributed by atoms with Crippen molar-refractivity contribution in [2.45, 2.75) is 6.92 Å². The Labute approximate surface area is 127 Å². The Balaban J connectivity index is 2.13. The van der Waals surface area contributed by atoms with E-state index >= 15 is 0 Å². The molecule has 0 aliphatic rings. The summed E-state index contributed by atoms with van der Waals surface area (Å²) in [4.78, 5) is 12.4. The Morgan fingerprint density at radius 3 is 2.67 bits per heavy atom. The maximum Gasteiger partial charge on any atom is 0.229 e. The summed E-state index contributed by atoms with van der Waals surface area (Å²) < 4.78 is 32.0. The number of furan rings is 1. The van der Waals surface area contributed by atoms with Gasteiger partial charge in [0.2, 0.25) is 5.78 Å². The van der Waals surface area contributed by atoms with E-state index in [9.17, 15) is 13.6 Å². The lowest BCUT2D eigenvalue weighted by molar-refractivity contribution is 0.101. The molecule has 0 bridgehead atoms. The van der Waals surface area contributed by atoms with Gasteiger partial charge in [0, 0.05) is 10.9 Å². The monoisotopic (exact) mass is 350 g/mol. The first-order valence-corrected chi connectivity index (χ1v) is 6.95. The fourth-order valence-electron chi connectivity index (χ4n) is 2.15. The first-order valence-electron chi connectivity index (χ1n) is 6.16. The number of carbonyl (C=O) groups is 1. The summed E-state index contributed by atoms with van der Waals surface area (Å²) in [5.74, 6) is -2.52. The number of aryl methyl sites for hydroxylation is 1. The Hall–Kier alpha value is -2.01. The zero-order chi connectivity index (χ0) is 15.1. The lowest BCUT2D eigenvalue weighted by Crippen LogP contribution is -2.03. The first-order chi connectivity index (χ1) is 9.99. The van der Waals surface area contributed by atoms with Crippen LogP contribution in [-0.2, 0) is 0 Å². The second-order valence-corrected chi connectivity index (χ2v) is 5.45. The second-order valence-electron chi connectivity index (χ2n) is 4.66. The fraction of sp³-hybridized carbons (Fsp3) is 0.0625. The van der Waals surface area contributed by atoms with E-state index in [1.807, 2.05) is 25.1 Å². The molecule has 0 fully saturated rings. The SMILES string of the molecule is Cc1cccc2cc(C(=O)c3ccc(F)c(F)c3Br)oc12. The molecule has 106 valence electrons. The molecule has 3 rings (SSSR count). The van der Waals surface area contributed by atoms with Crippen LogP contribution < -0.4 is 0 Å². The molecule has 2 aromatic carbocycles. The van der Waals surface area contributed by atoms with Crippen molar-refractivity contribution in [2.24, 2.45) is 0 Å². The average molecular weight is 351 g/mol. The van der Waals surface area contributed by atoms with E-state index in [1.165, 1.54) is 6.07 Å². The lowest BCUT2D eigenvalue weighted by Gasteiger charge is -2.03. The fourth-order valence-corrected chi connectivity index (χ4v) is 2.66. The summed E-state index contributed by atoms with van der Waals surface area (Å²) in [7, 11) is 0. The van der Waals surface area contributed by atoms with Crippen molar-refractivity contribution >= 4 is 32.7 Å². The molecule has 0 spiro atoms. The number of benzene rings is 2. The standard InChI is InChI=1S/C16H9BrF2O2/c1-8-3-2-4-9-7-12(21-16(8)9)15(20)10-5-6-11(18)14(19)13(10)17/h2-7H,1H3. The topological polar surface area (TPSA) is 30.2 Å². The van der Waals surface area contributed by atoms with Crippen molar-refractivity contribution in [1.29, 1.82) is 0 Å². The smallest absolute Gasteiger partial charge is 0.229 e. The number of carbonyl (C=O) groups excluding carboxylic acids is 1. The maximum absolute atomic E-state index is 13.5. The highest BCUT2D eigenvalue weighted by atomic mass is 79.9. The van der Waals surface area contributed by atoms with Gasteiger partial charge in [-0.15, -0.1) is 0 Å². The van der Waals surface area contributed by atoms with Crippen molar-refractivity contribution in [3.63, 3.8) is 0 Å². The molecule has 2 nitrogen and oxygen atoms in total. The predicted octanol–water partition coefficient (Wildman–Crippen LogP) is 5.01. The molecule has 0 saturated carbocycles. The average Bonchev–Trinajstić information content (AvgIpc) is 2.90. The summed E-state index contributed by atoms with van der Waals surface area (Å²) in [5, 5.41) is 0.789. The van der Waals surface area contributed by atoms with Crippen molar-refractivity contribution < 1.29 is 18.0 Å². The van der Waals surface area contributed by atoms with Crippen molar-refractivity contribution in [3.05, 3.63) is 69.4 Å². The van der Waals surface area contributed by atoms with Crippen LogP contribution in [0.4, 0.5) is 8.78 Å². The van der Waals surface area contributed by atoms with E-state index in [4.69, 9.17) is 4.42 Å². The number of halogens is 3. The number of rotatable bonds is 2. The van der Waals surface area contributed by atoms with Crippen molar-refractivity contribution in [2.75, 3.05) is 0 Å². The summed E-state index contributed by atoms with van der Waals surface area (Å²) in [6.45, 7) is 1.87. The highest BCUT2D eigenvalue weighted by molar-refractivity contribution is 9.10. The number of fused-ring (bicyclic) bond motifs is 1. The molecule has 0 N–H and O–H groups in total. The first kappa shape index (κ1) is 13.9. The van der Waals surface area contributed by atoms with Crippen LogP contribution >= 0.6 is 15.9 Å². The molecule has 0 atom stereocenters. The van der Waals surface area contributed by atoms with E-state index in [2.05, 4.69) is 15.9 Å². The number of ketones is 1. The van der Waals surface area contributed by atoms with Gasteiger partial charge in [0.05, 0.1) is 4.47 Å². The largest absolute Gasteiger partial charge is 0.452 e. The third kappa shape index (κ3) is 2.27. The highest BCUT2D eigenvalue weighted by Crippen LogP contribution is 2.28. The van der Waals surface area contributed by atoms with Crippen LogP contribution in [0, 0.1) is 18.6 Å². The number of para-hydroxylation sites is 1. The molecule has 1 heterocycles. The lowest BCUT2D eigenvalue weighted by atomic mass is 10.1. The van der Waals surface area contributed by atoms with E-state index in [0.717, 1.165) is 17.0 Å². The van der Waals surface area contributed by atoms with Gasteiger partial charge in [0.25, 0.3) is 0 Å². The third-order valence-electron chi connectivity index (χ3n) is 3.24. The summed E-state index contributed by atoms with van der Waals surface area (Å²) in [5.41, 5.74) is 1.53. The quantitative estimate of drug-likeness (QED) is 0.480. The minimum absolute atomic E-state index is 0.0191. The Bertz CT molecular complexity index is 868. The molecule has 0 unspecified atom stereocenters. The maximum atomic E-state index is 13.5. The Morgan fingerprint density at radius 1 is 1.19 bits per heavy atom. The van der Waals surface area contributed by atoms with Gasteiger partial charge in [0.1, 0.15) is 5.58 Å². The number of hydrogen-bond acceptors (Lipinski definition) is 2. The van der Waals surface area contributed by atoms with E-state index in [0.29, 0.717) is 5.58 Å². The van der Waals surface area contributed by atoms with Crippen molar-refractivity contribution in [3.8, 4) is 0 Å². The predicted molar refractivity (Wildman–Crippen MR) is 78.4 cm³/mol. The molecule has 0 aliphatic heterocycles. The van der Waals surface area contributed by atoms with Crippen LogP contribution in [0.3, 0.4) is 0 Å². The zero-order valence-corrected chi connectivity index (χ0v) is 12.5. The van der Waals surface area contributed by atoms with Gasteiger partial charge in [0.15, 0.2) is 17.4 Å². The molecule has 1 aromatic heterocycles. The summed E-state index contributed by atoms with van der Waals surface area (Å²) in [6, 6.07) is 9.29. The molecule has 5 heteroatoms. The molecule has 21 heavy (non-hydrogen) atoms. The van der Waals surface area contributed by atoms with Gasteiger partial charge in [-0.1, -0.05) is 18.2 Å². The highest BCUT2D eigenvalue weighted by Gasteiger charge is 2.21. The van der Waals surface area contributed by atoms with Gasteiger partial charge in [-0.05, 0) is 46.6 Å². The van der Waals surface area contributed by atoms with E-state index < -0.39 is 17.4 Å². The molecule has 0 aliphatic carbocycles. The molecular weight excluding hydrogens is 342 g/mol. The molecular formula is C16H9BrF2O2. The van der Waals surface area contributed by atoms with Crippen LogP contribution in [0.1, 0.15) is 21.7 Å². The normalized spacial score (nSPS) is 11.0. The Kier molecular flexibility index (Phi) is 3.37. The van der Waals surface area contributed by atoms with Gasteiger partial charge < -0.3 is 4.42 Å². The van der Waals surface area contributed by atoms with Gasteiger partial charge in [-0.25, -0.2) is 8.78 Å². The minimum Gasteiger partial charge on any atom is -0.452 e. The molecule has 3 aromatic rings. The van der Waals surface area contributed by atoms with Crippen LogP contribution in [0.2, 0.25) is 0 Å². The minimum atomic E-state index is -1.09. The van der Waals surface area contributed by atoms with Crippen LogP contribution in [-0.4, -0.2) is 5.78 Å². The van der Waals surface area contributed by atoms with Crippen LogP contribution in [0.25, 0.3) is 11.0 Å². The van der Waals surface area contributed by atoms with E-state index in [-0.39, 0.29) is 15.8 Å². The van der Waals surface area contributed by atoms with E-state index in [1.54, 1.807) is 6.07 Å². The van der Waals surface area contributed by atoms with Gasteiger partial charge >= 0.3 is 0 Å². The molecule has 0 radical (unpaired) electrons. The van der Waals surface area contributed by atoms with Crippen LogP contribution in [0.15, 0.2) is 45.3 Å². The van der Waals surface area contributed by atoms with Gasteiger partial charge in [-0.2, -0.15) is 0 Å². The zero-order valence-electron chi connectivity index (χ0n) is 10.9. The second kappa shape index (κ2) is 5.07. The van der Waals surface area contributed by atoms with Gasteiger partial charge in [-0.3, -0.25) is 4.79 Å². The third-order valence-corrected chi connectivity index (χ3v) is 4.02. The summed E-state index contributed by atoms with van der Waals surface area (Å²) in [6.07, 6.45) is 0. The molecule has 0 amide bonds. The summed E-state index contributed by atoms with van der Waals surface area (Å²) >= 11 is 2.91. The molecule has 0 saturated heterocycles. The Morgan fingerprint density at radius 2 is 1.95 bits per heavy atom.